The summed E-state index contributed by atoms with van der Waals surface area (Å²) in [5.41, 5.74) is 1.47. The highest BCUT2D eigenvalue weighted by Crippen LogP contribution is 2.24. The quantitative estimate of drug-likeness (QED) is 0.866. The van der Waals surface area contributed by atoms with E-state index in [-0.39, 0.29) is 18.3 Å². The predicted octanol–water partition coefficient (Wildman–Crippen LogP) is 2.54. The van der Waals surface area contributed by atoms with Crippen LogP contribution in [0.2, 0.25) is 0 Å². The van der Waals surface area contributed by atoms with Crippen molar-refractivity contribution in [3.05, 3.63) is 41.7 Å². The van der Waals surface area contributed by atoms with Crippen molar-refractivity contribution in [2.75, 3.05) is 0 Å². The van der Waals surface area contributed by atoms with Crippen LogP contribution in [0.25, 0.3) is 11.3 Å². The van der Waals surface area contributed by atoms with Crippen molar-refractivity contribution in [1.82, 2.24) is 4.98 Å². The number of aryl methyl sites for hydroxylation is 1. The van der Waals surface area contributed by atoms with Crippen LogP contribution >= 0.6 is 0 Å². The zero-order valence-corrected chi connectivity index (χ0v) is 8.90. The summed E-state index contributed by atoms with van der Waals surface area (Å²) < 4.78 is 18.1. The molecule has 0 bridgehead atoms. The van der Waals surface area contributed by atoms with E-state index in [1.54, 1.807) is 12.1 Å². The van der Waals surface area contributed by atoms with Crippen LogP contribution in [-0.2, 0) is 13.0 Å². The Morgan fingerprint density at radius 1 is 1.31 bits per heavy atom. The van der Waals surface area contributed by atoms with Crippen LogP contribution in [0.3, 0.4) is 0 Å². The molecule has 0 fully saturated rings. The van der Waals surface area contributed by atoms with Crippen LogP contribution in [0, 0.1) is 5.82 Å². The van der Waals surface area contributed by atoms with Crippen LogP contribution in [0.15, 0.2) is 28.7 Å². The number of hydrogen-bond donors (Lipinski definition) is 1. The molecule has 0 spiro atoms. The molecule has 84 valence electrons. The van der Waals surface area contributed by atoms with E-state index in [1.807, 2.05) is 6.92 Å². The Balaban J connectivity index is 2.45. The maximum Gasteiger partial charge on any atom is 0.220 e. The fourth-order valence-electron chi connectivity index (χ4n) is 1.54. The monoisotopic (exact) mass is 221 g/mol. The first-order valence-electron chi connectivity index (χ1n) is 5.10. The van der Waals surface area contributed by atoms with Gasteiger partial charge in [-0.3, -0.25) is 0 Å². The molecule has 0 aliphatic rings. The van der Waals surface area contributed by atoms with Crippen LogP contribution in [0.4, 0.5) is 4.39 Å². The fourth-order valence-corrected chi connectivity index (χ4v) is 1.54. The lowest BCUT2D eigenvalue weighted by Crippen LogP contribution is -1.85. The van der Waals surface area contributed by atoms with Gasteiger partial charge in [0.25, 0.3) is 0 Å². The largest absolute Gasteiger partial charge is 0.443 e. The third-order valence-corrected chi connectivity index (χ3v) is 2.32. The first-order valence-corrected chi connectivity index (χ1v) is 5.10. The highest BCUT2D eigenvalue weighted by molar-refractivity contribution is 5.61. The van der Waals surface area contributed by atoms with Gasteiger partial charge in [-0.15, -0.1) is 0 Å². The van der Waals surface area contributed by atoms with E-state index in [0.29, 0.717) is 17.9 Å². The molecular weight excluding hydrogens is 209 g/mol. The van der Waals surface area contributed by atoms with Crippen molar-refractivity contribution in [1.29, 1.82) is 0 Å². The van der Waals surface area contributed by atoms with Crippen molar-refractivity contribution in [2.24, 2.45) is 0 Å². The van der Waals surface area contributed by atoms with E-state index >= 15 is 0 Å². The van der Waals surface area contributed by atoms with Crippen molar-refractivity contribution in [3.8, 4) is 11.3 Å². The molecule has 0 aliphatic heterocycles. The Morgan fingerprint density at radius 3 is 2.56 bits per heavy atom. The highest BCUT2D eigenvalue weighted by Gasteiger charge is 2.12. The Bertz CT molecular complexity index is 476. The molecule has 0 amide bonds. The van der Waals surface area contributed by atoms with Gasteiger partial charge in [-0.05, 0) is 24.3 Å². The summed E-state index contributed by atoms with van der Waals surface area (Å²) in [6, 6.07) is 6.05. The van der Waals surface area contributed by atoms with E-state index in [9.17, 15) is 4.39 Å². The zero-order chi connectivity index (χ0) is 11.5. The fraction of sp³-hybridized carbons (Fsp3) is 0.250. The van der Waals surface area contributed by atoms with Gasteiger partial charge in [-0.25, -0.2) is 9.37 Å². The number of hydrogen-bond acceptors (Lipinski definition) is 3. The molecule has 0 unspecified atom stereocenters. The number of aromatic nitrogens is 1. The second-order valence-electron chi connectivity index (χ2n) is 3.40. The van der Waals surface area contributed by atoms with Crippen LogP contribution in [0.1, 0.15) is 18.6 Å². The lowest BCUT2D eigenvalue weighted by molar-refractivity contribution is 0.237. The molecule has 4 heteroatoms. The Morgan fingerprint density at radius 2 is 2.00 bits per heavy atom. The number of oxazole rings is 1. The van der Waals surface area contributed by atoms with Crippen molar-refractivity contribution >= 4 is 0 Å². The number of nitrogens with zero attached hydrogens (tertiary/aromatic N) is 1. The van der Waals surface area contributed by atoms with Crippen molar-refractivity contribution < 1.29 is 13.9 Å². The molecule has 16 heavy (non-hydrogen) atoms. The third-order valence-electron chi connectivity index (χ3n) is 2.32. The normalized spacial score (nSPS) is 10.7. The van der Waals surface area contributed by atoms with E-state index < -0.39 is 0 Å². The molecule has 0 radical (unpaired) electrons. The van der Waals surface area contributed by atoms with Crippen LogP contribution in [0.5, 0.6) is 0 Å². The lowest BCUT2D eigenvalue weighted by atomic mass is 10.1. The first kappa shape index (κ1) is 10.8. The maximum absolute atomic E-state index is 12.8. The predicted molar refractivity (Wildman–Crippen MR) is 57.2 cm³/mol. The summed E-state index contributed by atoms with van der Waals surface area (Å²) in [6.45, 7) is 1.71. The van der Waals surface area contributed by atoms with Gasteiger partial charge in [0, 0.05) is 12.0 Å². The summed E-state index contributed by atoms with van der Waals surface area (Å²) in [5.74, 6) is 0.708. The van der Waals surface area contributed by atoms with Gasteiger partial charge in [0.15, 0.2) is 0 Å². The minimum atomic E-state index is -0.285. The maximum atomic E-state index is 12.8. The molecule has 1 N–H and O–H groups in total. The van der Waals surface area contributed by atoms with Gasteiger partial charge in [0.2, 0.25) is 5.89 Å². The Hall–Kier alpha value is -1.68. The molecule has 2 aromatic rings. The van der Waals surface area contributed by atoms with E-state index in [1.165, 1.54) is 12.1 Å². The average molecular weight is 221 g/mol. The SMILES string of the molecule is CCc1oc(CO)nc1-c1ccc(F)cc1. The highest BCUT2D eigenvalue weighted by atomic mass is 19.1. The van der Waals surface area contributed by atoms with Gasteiger partial charge >= 0.3 is 0 Å². The van der Waals surface area contributed by atoms with Gasteiger partial charge in [-0.1, -0.05) is 6.92 Å². The molecule has 0 atom stereocenters. The topological polar surface area (TPSA) is 46.3 Å². The molecule has 0 aliphatic carbocycles. The summed E-state index contributed by atoms with van der Waals surface area (Å²) in [5, 5.41) is 8.95. The average Bonchev–Trinajstić information content (AvgIpc) is 2.73. The van der Waals surface area contributed by atoms with E-state index in [0.717, 1.165) is 5.56 Å². The second kappa shape index (κ2) is 4.45. The summed E-state index contributed by atoms with van der Waals surface area (Å²) in [7, 11) is 0. The number of benzene rings is 1. The number of aliphatic hydroxyl groups is 1. The molecule has 0 saturated heterocycles. The summed E-state index contributed by atoms with van der Waals surface area (Å²) in [4.78, 5) is 4.16. The molecule has 3 nitrogen and oxygen atoms in total. The van der Waals surface area contributed by atoms with Crippen LogP contribution < -0.4 is 0 Å². The van der Waals surface area contributed by atoms with Gasteiger partial charge in [0.1, 0.15) is 23.9 Å². The molecular formula is C12H12FNO2. The van der Waals surface area contributed by atoms with E-state index in [4.69, 9.17) is 9.52 Å². The number of rotatable bonds is 3. The Kier molecular flexibility index (Phi) is 3.01. The van der Waals surface area contributed by atoms with Crippen molar-refractivity contribution in [2.45, 2.75) is 20.0 Å². The van der Waals surface area contributed by atoms with Gasteiger partial charge < -0.3 is 9.52 Å². The lowest BCUT2D eigenvalue weighted by Gasteiger charge is -1.98. The first-order chi connectivity index (χ1) is 7.74. The van der Waals surface area contributed by atoms with Gasteiger partial charge in [0.05, 0.1) is 0 Å². The molecule has 2 rings (SSSR count). The molecule has 1 aromatic heterocycles. The summed E-state index contributed by atoms with van der Waals surface area (Å²) in [6.07, 6.45) is 0.680. The third kappa shape index (κ3) is 1.97. The molecule has 0 saturated carbocycles. The molecule has 1 heterocycles. The zero-order valence-electron chi connectivity index (χ0n) is 8.90. The Labute approximate surface area is 92.6 Å². The molecule has 1 aromatic carbocycles. The standard InChI is InChI=1S/C12H12FNO2/c1-2-10-12(14-11(7-15)16-10)8-3-5-9(13)6-4-8/h3-6,15H,2,7H2,1H3. The summed E-state index contributed by atoms with van der Waals surface area (Å²) >= 11 is 0. The second-order valence-corrected chi connectivity index (χ2v) is 3.40. The number of aliphatic hydroxyl groups excluding tert-OH is 1. The smallest absolute Gasteiger partial charge is 0.220 e. The minimum absolute atomic E-state index is 0.228. The minimum Gasteiger partial charge on any atom is -0.443 e. The van der Waals surface area contributed by atoms with Crippen molar-refractivity contribution in [3.63, 3.8) is 0 Å². The van der Waals surface area contributed by atoms with Gasteiger partial charge in [-0.2, -0.15) is 0 Å². The van der Waals surface area contributed by atoms with E-state index in [2.05, 4.69) is 4.98 Å². The van der Waals surface area contributed by atoms with Crippen LogP contribution in [-0.4, -0.2) is 10.1 Å². The number of halogens is 1.